The van der Waals surface area contributed by atoms with Crippen LogP contribution in [-0.4, -0.2) is 70.5 Å². The number of rotatable bonds is 35. The van der Waals surface area contributed by atoms with Crippen LogP contribution in [0, 0.1) is 0 Å². The molecule has 0 fully saturated rings. The zero-order valence-corrected chi connectivity index (χ0v) is 32.0. The fourth-order valence-electron chi connectivity index (χ4n) is 6.29. The molecule has 8 heteroatoms. The standard InChI is InChI=1S/C34H72N.C6H8O7/c1-5-7-9-11-13-15-17-19-21-23-25-27-29-31-33-35(3,4)34-32-30-28-26-24-22-20-18-16-14-12-10-8-6-2;7-3(8)1-6(13,5(11)12)2-4(9)10/h5-34H2,1-4H3;13H,1-2H2,(H,7,8)(H,9,10)(H,11,12)/q+1;/p-1. The second-order valence-corrected chi connectivity index (χ2v) is 15.0. The van der Waals surface area contributed by atoms with E-state index in [9.17, 15) is 19.5 Å². The number of carbonyl (C=O) groups is 3. The minimum absolute atomic E-state index is 1.21. The number of carboxylic acid groups (broad SMARTS) is 3. The lowest BCUT2D eigenvalue weighted by molar-refractivity contribution is -0.890. The molecular formula is C40H79NO7. The molecule has 0 saturated carbocycles. The van der Waals surface area contributed by atoms with Crippen LogP contribution in [0.1, 0.15) is 206 Å². The average Bonchev–Trinajstić information content (AvgIpc) is 3.01. The zero-order chi connectivity index (χ0) is 36.4. The van der Waals surface area contributed by atoms with Crippen LogP contribution in [0.25, 0.3) is 0 Å². The van der Waals surface area contributed by atoms with Gasteiger partial charge >= 0.3 is 11.9 Å². The van der Waals surface area contributed by atoms with Crippen molar-refractivity contribution in [2.24, 2.45) is 0 Å². The molecular weight excluding hydrogens is 606 g/mol. The maximum atomic E-state index is 10.2. The SMILES string of the molecule is CCCCCCCCCCCCCCCC[N+](C)(C)CCCCCCCCCCCCCCCC.O=C(O)CC(O)(CC(=O)O)C(=O)[O-]. The monoisotopic (exact) mass is 686 g/mol. The Kier molecular flexibility index (Phi) is 34.1. The number of hydrogen-bond acceptors (Lipinski definition) is 5. The van der Waals surface area contributed by atoms with Gasteiger partial charge in [0.15, 0.2) is 0 Å². The lowest BCUT2D eigenvalue weighted by atomic mass is 9.96. The van der Waals surface area contributed by atoms with Crippen molar-refractivity contribution >= 4 is 17.9 Å². The normalized spacial score (nSPS) is 11.7. The molecule has 3 N–H and O–H groups in total. The van der Waals surface area contributed by atoms with E-state index in [1.807, 2.05) is 0 Å². The maximum Gasteiger partial charge on any atom is 0.306 e. The summed E-state index contributed by atoms with van der Waals surface area (Å²) in [6.45, 7) is 7.38. The molecule has 0 atom stereocenters. The highest BCUT2D eigenvalue weighted by Gasteiger charge is 2.34. The van der Waals surface area contributed by atoms with E-state index < -0.39 is 36.4 Å². The molecule has 0 saturated heterocycles. The molecule has 0 radical (unpaired) electrons. The minimum Gasteiger partial charge on any atom is -0.547 e. The number of carboxylic acids is 3. The first-order valence-corrected chi connectivity index (χ1v) is 20.1. The van der Waals surface area contributed by atoms with Crippen molar-refractivity contribution in [1.29, 1.82) is 0 Å². The fraction of sp³-hybridized carbons (Fsp3) is 0.925. The van der Waals surface area contributed by atoms with Crippen molar-refractivity contribution in [3.8, 4) is 0 Å². The first kappa shape index (κ1) is 48.4. The van der Waals surface area contributed by atoms with Crippen molar-refractivity contribution in [2.45, 2.75) is 212 Å². The summed E-state index contributed by atoms with van der Waals surface area (Å²) in [5, 5.41) is 35.5. The van der Waals surface area contributed by atoms with Crippen molar-refractivity contribution in [1.82, 2.24) is 0 Å². The molecule has 0 aromatic rings. The first-order valence-electron chi connectivity index (χ1n) is 20.1. The zero-order valence-electron chi connectivity index (χ0n) is 32.0. The van der Waals surface area contributed by atoms with Crippen molar-refractivity contribution in [3.63, 3.8) is 0 Å². The topological polar surface area (TPSA) is 135 Å². The van der Waals surface area contributed by atoms with Gasteiger partial charge in [-0.2, -0.15) is 0 Å². The molecule has 0 aromatic carbocycles. The van der Waals surface area contributed by atoms with Gasteiger partial charge in [-0.25, -0.2) is 0 Å². The van der Waals surface area contributed by atoms with Gasteiger partial charge in [0.25, 0.3) is 0 Å². The third kappa shape index (κ3) is 35.6. The summed E-state index contributed by atoms with van der Waals surface area (Å²) in [7, 11) is 4.93. The summed E-state index contributed by atoms with van der Waals surface area (Å²) >= 11 is 0. The van der Waals surface area contributed by atoms with E-state index in [0.29, 0.717) is 0 Å². The molecule has 0 aromatic heterocycles. The van der Waals surface area contributed by atoms with Crippen molar-refractivity contribution in [3.05, 3.63) is 0 Å². The largest absolute Gasteiger partial charge is 0.547 e. The van der Waals surface area contributed by atoms with Gasteiger partial charge in [-0.15, -0.1) is 0 Å². The van der Waals surface area contributed by atoms with Crippen LogP contribution in [0.3, 0.4) is 0 Å². The van der Waals surface area contributed by atoms with Gasteiger partial charge in [-0.05, 0) is 25.7 Å². The molecule has 0 unspecified atom stereocenters. The summed E-state index contributed by atoms with van der Waals surface area (Å²) in [6.07, 6.45) is 38.5. The first-order chi connectivity index (χ1) is 22.9. The second kappa shape index (κ2) is 33.8. The van der Waals surface area contributed by atoms with E-state index in [0.717, 1.165) is 0 Å². The van der Waals surface area contributed by atoms with Gasteiger partial charge in [0.05, 0.1) is 46.0 Å². The number of nitrogens with zero attached hydrogens (tertiary/aromatic N) is 1. The van der Waals surface area contributed by atoms with Gasteiger partial charge in [-0.1, -0.05) is 168 Å². The number of aliphatic carboxylic acids is 3. The van der Waals surface area contributed by atoms with Crippen LogP contribution in [0.15, 0.2) is 0 Å². The smallest absolute Gasteiger partial charge is 0.306 e. The Morgan fingerprint density at radius 3 is 0.854 bits per heavy atom. The Balaban J connectivity index is 0. The van der Waals surface area contributed by atoms with Crippen LogP contribution in [-0.2, 0) is 14.4 Å². The molecule has 0 spiro atoms. The summed E-state index contributed by atoms with van der Waals surface area (Å²) in [5.74, 6) is -5.35. The van der Waals surface area contributed by atoms with E-state index >= 15 is 0 Å². The van der Waals surface area contributed by atoms with Gasteiger partial charge in [0.1, 0.15) is 5.60 Å². The predicted octanol–water partition coefficient (Wildman–Crippen LogP) is 9.44. The number of aliphatic hydroxyl groups is 1. The summed E-state index contributed by atoms with van der Waals surface area (Å²) in [4.78, 5) is 30.3. The molecule has 0 bridgehead atoms. The Hall–Kier alpha value is -1.67. The van der Waals surface area contributed by atoms with E-state index in [2.05, 4.69) is 27.9 Å². The number of carbonyl (C=O) groups excluding carboxylic acids is 1. The summed E-state index contributed by atoms with van der Waals surface area (Å²) < 4.78 is 1.25. The van der Waals surface area contributed by atoms with Crippen LogP contribution in [0.5, 0.6) is 0 Å². The Bertz CT molecular complexity index is 706. The van der Waals surface area contributed by atoms with Gasteiger partial charge in [0, 0.05) is 0 Å². The third-order valence-electron chi connectivity index (χ3n) is 9.50. The van der Waals surface area contributed by atoms with E-state index in [1.54, 1.807) is 0 Å². The van der Waals surface area contributed by atoms with Gasteiger partial charge in [0.2, 0.25) is 0 Å². The van der Waals surface area contributed by atoms with Crippen LogP contribution < -0.4 is 5.11 Å². The Labute approximate surface area is 296 Å². The Morgan fingerprint density at radius 2 is 0.667 bits per heavy atom. The van der Waals surface area contributed by atoms with Crippen LogP contribution in [0.2, 0.25) is 0 Å². The number of hydrogen-bond donors (Lipinski definition) is 3. The van der Waals surface area contributed by atoms with Crippen LogP contribution in [0.4, 0.5) is 0 Å². The highest BCUT2D eigenvalue weighted by molar-refractivity contribution is 5.86. The van der Waals surface area contributed by atoms with Gasteiger partial charge < -0.3 is 29.7 Å². The predicted molar refractivity (Wildman–Crippen MR) is 197 cm³/mol. The van der Waals surface area contributed by atoms with E-state index in [4.69, 9.17) is 15.3 Å². The fourth-order valence-corrected chi connectivity index (χ4v) is 6.29. The molecule has 48 heavy (non-hydrogen) atoms. The van der Waals surface area contributed by atoms with Crippen LogP contribution >= 0.6 is 0 Å². The molecule has 0 heterocycles. The number of unbranched alkanes of at least 4 members (excludes halogenated alkanes) is 26. The molecule has 8 nitrogen and oxygen atoms in total. The third-order valence-corrected chi connectivity index (χ3v) is 9.50. The van der Waals surface area contributed by atoms with Crippen molar-refractivity contribution in [2.75, 3.05) is 27.2 Å². The molecule has 0 rings (SSSR count). The lowest BCUT2D eigenvalue weighted by Crippen LogP contribution is -2.51. The number of quaternary nitrogens is 1. The quantitative estimate of drug-likeness (QED) is 0.0447. The molecule has 0 amide bonds. The van der Waals surface area contributed by atoms with E-state index in [-0.39, 0.29) is 0 Å². The minimum atomic E-state index is -2.85. The molecule has 0 aliphatic rings. The van der Waals surface area contributed by atoms with E-state index in [1.165, 1.54) is 197 Å². The molecule has 0 aliphatic carbocycles. The highest BCUT2D eigenvalue weighted by Crippen LogP contribution is 2.16. The average molecular weight is 686 g/mol. The van der Waals surface area contributed by atoms with Gasteiger partial charge in [-0.3, -0.25) is 9.59 Å². The summed E-state index contributed by atoms with van der Waals surface area (Å²) in [6, 6.07) is 0. The highest BCUT2D eigenvalue weighted by atomic mass is 16.4. The summed E-state index contributed by atoms with van der Waals surface area (Å²) in [5.41, 5.74) is -2.85. The lowest BCUT2D eigenvalue weighted by Gasteiger charge is -2.30. The molecule has 286 valence electrons. The second-order valence-electron chi connectivity index (χ2n) is 15.0. The van der Waals surface area contributed by atoms with Crippen molar-refractivity contribution < 1.29 is 39.3 Å². The maximum absolute atomic E-state index is 10.2. The molecule has 0 aliphatic heterocycles. The Morgan fingerprint density at radius 1 is 0.458 bits per heavy atom.